The molecule has 6 heteroatoms. The molecular weight excluding hydrogens is 1240 g/mol. The first kappa shape index (κ1) is 61.4. The van der Waals surface area contributed by atoms with Crippen LogP contribution in [0.4, 0.5) is 102 Å². The molecule has 0 fully saturated rings. The van der Waals surface area contributed by atoms with E-state index >= 15 is 0 Å². The first-order chi connectivity index (χ1) is 50.1. The molecule has 0 amide bonds. The molecule has 0 aromatic heterocycles. The predicted molar refractivity (Wildman–Crippen MR) is 431 cm³/mol. The van der Waals surface area contributed by atoms with Crippen molar-refractivity contribution in [3.8, 4) is 0 Å². The second-order valence-electron chi connectivity index (χ2n) is 27.8. The standard InChI is InChI=1S/C96H74N6/c1-95(2)87-63-77(97(67-31-13-5-14-32-67)68-33-15-6-16-34-68)51-57-91(87)101(92-58-52-78(64-88(92)95)98(69-35-17-7-18-36-69)70-37-19-8-20-38-70)75-49-55-83-81-47-29-30-48-82(81)84-56-50-76(62-86(84)85(83)61-75)102-93-59-53-79(99(71-39-21-9-22-40-71)72-41-23-10-24-42-72)65-89(93)96(3,4)90-66-80(54-60-94(90)102)100(73-43-25-11-26-44-73)74-45-27-12-28-46-74/h5-66H,1-4H3. The first-order valence-corrected chi connectivity index (χ1v) is 35.3. The molecule has 16 aromatic carbocycles. The van der Waals surface area contributed by atoms with Gasteiger partial charge in [-0.1, -0.05) is 210 Å². The van der Waals surface area contributed by atoms with Gasteiger partial charge >= 0.3 is 0 Å². The molecule has 18 rings (SSSR count). The summed E-state index contributed by atoms with van der Waals surface area (Å²) < 4.78 is 0. The van der Waals surface area contributed by atoms with Gasteiger partial charge in [-0.25, -0.2) is 0 Å². The molecular formula is C96H74N6. The molecule has 16 aromatic rings. The Morgan fingerprint density at radius 2 is 0.373 bits per heavy atom. The molecule has 0 aliphatic carbocycles. The van der Waals surface area contributed by atoms with Gasteiger partial charge in [0.05, 0.1) is 22.7 Å². The summed E-state index contributed by atoms with van der Waals surface area (Å²) in [6.45, 7) is 9.64. The zero-order valence-electron chi connectivity index (χ0n) is 57.5. The Morgan fingerprint density at radius 1 is 0.176 bits per heavy atom. The van der Waals surface area contributed by atoms with Crippen LogP contribution in [0.25, 0.3) is 32.3 Å². The molecule has 0 bridgehead atoms. The first-order valence-electron chi connectivity index (χ1n) is 35.3. The van der Waals surface area contributed by atoms with Gasteiger partial charge in [0.15, 0.2) is 0 Å². The number of hydrogen-bond donors (Lipinski definition) is 0. The van der Waals surface area contributed by atoms with Crippen LogP contribution in [0.5, 0.6) is 0 Å². The number of para-hydroxylation sites is 8. The Labute approximate surface area is 597 Å². The molecule has 102 heavy (non-hydrogen) atoms. The van der Waals surface area contributed by atoms with E-state index in [-0.39, 0.29) is 0 Å². The van der Waals surface area contributed by atoms with Gasteiger partial charge in [0.25, 0.3) is 0 Å². The highest BCUT2D eigenvalue weighted by atomic mass is 15.2. The van der Waals surface area contributed by atoms with Crippen molar-refractivity contribution in [2.45, 2.75) is 38.5 Å². The summed E-state index contributed by atoms with van der Waals surface area (Å²) in [4.78, 5) is 14.6. The minimum atomic E-state index is -0.472. The summed E-state index contributed by atoms with van der Waals surface area (Å²) in [5.41, 5.74) is 23.7. The summed E-state index contributed by atoms with van der Waals surface area (Å²) in [5.74, 6) is 0. The van der Waals surface area contributed by atoms with Crippen LogP contribution >= 0.6 is 0 Å². The average molecular weight is 1310 g/mol. The van der Waals surface area contributed by atoms with Gasteiger partial charge < -0.3 is 29.4 Å². The van der Waals surface area contributed by atoms with Gasteiger partial charge in [0.1, 0.15) is 0 Å². The molecule has 2 aliphatic rings. The lowest BCUT2D eigenvalue weighted by Gasteiger charge is -2.43. The van der Waals surface area contributed by atoms with Crippen LogP contribution < -0.4 is 29.4 Å². The summed E-state index contributed by atoms with van der Waals surface area (Å²) in [5, 5.41) is 7.18. The van der Waals surface area contributed by atoms with E-state index in [0.717, 1.165) is 102 Å². The van der Waals surface area contributed by atoms with Crippen LogP contribution in [-0.2, 0) is 10.8 Å². The maximum absolute atomic E-state index is 2.54. The number of fused-ring (bicyclic) bond motifs is 10. The molecule has 0 saturated heterocycles. The number of nitrogens with zero attached hydrogens (tertiary/aromatic N) is 6. The van der Waals surface area contributed by atoms with Gasteiger partial charge in [-0.3, -0.25) is 0 Å². The van der Waals surface area contributed by atoms with Crippen LogP contribution in [-0.4, -0.2) is 0 Å². The van der Waals surface area contributed by atoms with Crippen LogP contribution in [0.2, 0.25) is 0 Å². The van der Waals surface area contributed by atoms with Crippen molar-refractivity contribution in [1.82, 2.24) is 0 Å². The van der Waals surface area contributed by atoms with Crippen LogP contribution in [0.15, 0.2) is 376 Å². The Bertz CT molecular complexity index is 4980. The summed E-state index contributed by atoms with van der Waals surface area (Å²) in [7, 11) is 0. The summed E-state index contributed by atoms with van der Waals surface area (Å²) in [6, 6.07) is 138. The fourth-order valence-electron chi connectivity index (χ4n) is 16.2. The Kier molecular flexibility index (Phi) is 15.1. The molecule has 2 heterocycles. The van der Waals surface area contributed by atoms with Gasteiger partial charge in [-0.15, -0.1) is 0 Å². The molecule has 0 saturated carbocycles. The molecule has 0 radical (unpaired) electrons. The van der Waals surface area contributed by atoms with Crippen LogP contribution in [0.1, 0.15) is 49.9 Å². The van der Waals surface area contributed by atoms with Gasteiger partial charge in [0.2, 0.25) is 0 Å². The third kappa shape index (κ3) is 10.5. The zero-order chi connectivity index (χ0) is 68.5. The number of rotatable bonds is 14. The number of anilines is 18. The smallest absolute Gasteiger partial charge is 0.0504 e. The molecule has 488 valence electrons. The van der Waals surface area contributed by atoms with E-state index in [4.69, 9.17) is 0 Å². The highest BCUT2D eigenvalue weighted by Crippen LogP contribution is 2.58. The van der Waals surface area contributed by atoms with Crippen molar-refractivity contribution >= 4 is 135 Å². The van der Waals surface area contributed by atoms with E-state index in [0.29, 0.717) is 0 Å². The Morgan fingerprint density at radius 3 is 0.588 bits per heavy atom. The van der Waals surface area contributed by atoms with E-state index in [2.05, 4.69) is 433 Å². The lowest BCUT2D eigenvalue weighted by Crippen LogP contribution is -2.31. The maximum atomic E-state index is 2.54. The third-order valence-corrected chi connectivity index (χ3v) is 21.0. The minimum absolute atomic E-state index is 0.472. The van der Waals surface area contributed by atoms with Crippen molar-refractivity contribution in [3.63, 3.8) is 0 Å². The minimum Gasteiger partial charge on any atom is -0.310 e. The topological polar surface area (TPSA) is 19.4 Å². The summed E-state index contributed by atoms with van der Waals surface area (Å²) >= 11 is 0. The van der Waals surface area contributed by atoms with Crippen molar-refractivity contribution in [2.75, 3.05) is 29.4 Å². The van der Waals surface area contributed by atoms with Gasteiger partial charge in [-0.2, -0.15) is 0 Å². The van der Waals surface area contributed by atoms with Crippen LogP contribution in [0.3, 0.4) is 0 Å². The van der Waals surface area contributed by atoms with E-state index in [1.807, 2.05) is 0 Å². The predicted octanol–water partition coefficient (Wildman–Crippen LogP) is 27.2. The lowest BCUT2D eigenvalue weighted by molar-refractivity contribution is 0.632. The highest BCUT2D eigenvalue weighted by molar-refractivity contribution is 6.26. The highest BCUT2D eigenvalue weighted by Gasteiger charge is 2.41. The molecule has 6 nitrogen and oxygen atoms in total. The number of benzene rings is 16. The molecule has 0 atom stereocenters. The molecule has 0 spiro atoms. The van der Waals surface area contributed by atoms with E-state index < -0.39 is 10.8 Å². The van der Waals surface area contributed by atoms with Crippen molar-refractivity contribution < 1.29 is 0 Å². The SMILES string of the molecule is CC1(C)c2cc(N(c3ccccc3)c3ccccc3)ccc2N(c2ccc3c4ccccc4c4ccc(N5c6ccc(N(c7ccccc7)c7ccccc7)cc6C(C)(C)c6cc(N(c7ccccc7)c7ccccc7)ccc65)cc4c3c2)c2ccc(N(c3ccccc3)c3ccccc3)cc21. The monoisotopic (exact) mass is 1310 g/mol. The third-order valence-electron chi connectivity index (χ3n) is 21.0. The van der Waals surface area contributed by atoms with E-state index in [1.165, 1.54) is 54.6 Å². The average Bonchev–Trinajstić information content (AvgIpc) is 0.714. The normalized spacial score (nSPS) is 13.2. The zero-order valence-corrected chi connectivity index (χ0v) is 57.5. The van der Waals surface area contributed by atoms with E-state index in [1.54, 1.807) is 0 Å². The Hall–Kier alpha value is -12.9. The van der Waals surface area contributed by atoms with Gasteiger partial charge in [0, 0.05) is 90.5 Å². The number of hydrogen-bond acceptors (Lipinski definition) is 6. The van der Waals surface area contributed by atoms with Crippen LogP contribution in [0, 0.1) is 0 Å². The van der Waals surface area contributed by atoms with Crippen molar-refractivity contribution in [3.05, 3.63) is 398 Å². The fourth-order valence-corrected chi connectivity index (χ4v) is 16.2. The molecule has 2 aliphatic heterocycles. The quantitative estimate of drug-likeness (QED) is 0.100. The van der Waals surface area contributed by atoms with Crippen molar-refractivity contribution in [2.24, 2.45) is 0 Å². The second kappa shape index (κ2) is 25.1. The Balaban J connectivity index is 0.857. The fraction of sp³-hybridized carbons (Fsp3) is 0.0625. The van der Waals surface area contributed by atoms with Crippen molar-refractivity contribution in [1.29, 1.82) is 0 Å². The van der Waals surface area contributed by atoms with E-state index in [9.17, 15) is 0 Å². The molecule has 0 N–H and O–H groups in total. The lowest BCUT2D eigenvalue weighted by atomic mass is 9.73. The molecule has 0 unspecified atom stereocenters. The largest absolute Gasteiger partial charge is 0.310 e. The maximum Gasteiger partial charge on any atom is 0.0504 e. The summed E-state index contributed by atoms with van der Waals surface area (Å²) in [6.07, 6.45) is 0. The second-order valence-corrected chi connectivity index (χ2v) is 27.8. The van der Waals surface area contributed by atoms with Gasteiger partial charge in [-0.05, 0) is 249 Å².